The largest absolute Gasteiger partial charge is 0.352 e. The summed E-state index contributed by atoms with van der Waals surface area (Å²) in [4.78, 5) is 26.0. The Balaban J connectivity index is 1.96. The molecule has 0 spiro atoms. The first kappa shape index (κ1) is 14.4. The molecule has 2 heterocycles. The molecule has 7 heteroatoms. The second-order valence-corrected chi connectivity index (χ2v) is 5.56. The molecule has 6 nitrogen and oxygen atoms in total. The summed E-state index contributed by atoms with van der Waals surface area (Å²) >= 11 is 1.52. The summed E-state index contributed by atoms with van der Waals surface area (Å²) in [6, 6.07) is 2.92. The summed E-state index contributed by atoms with van der Waals surface area (Å²) in [7, 11) is 0. The van der Waals surface area contributed by atoms with E-state index in [1.807, 2.05) is 13.8 Å². The molecule has 20 heavy (non-hydrogen) atoms. The lowest BCUT2D eigenvalue weighted by Crippen LogP contribution is -2.28. The summed E-state index contributed by atoms with van der Waals surface area (Å²) < 4.78 is 0. The van der Waals surface area contributed by atoms with Crippen molar-refractivity contribution in [3.05, 3.63) is 43.8 Å². The second-order valence-electron chi connectivity index (χ2n) is 4.29. The molecule has 0 aliphatic carbocycles. The number of rotatable bonds is 5. The quantitative estimate of drug-likeness (QED) is 0.863. The van der Waals surface area contributed by atoms with E-state index in [2.05, 4.69) is 20.5 Å². The van der Waals surface area contributed by atoms with Crippen molar-refractivity contribution in [2.24, 2.45) is 0 Å². The molecule has 0 aromatic carbocycles. The van der Waals surface area contributed by atoms with Gasteiger partial charge in [-0.1, -0.05) is 6.92 Å². The Hall–Kier alpha value is -2.02. The number of nitrogens with one attached hydrogen (secondary N) is 2. The Morgan fingerprint density at radius 1 is 1.40 bits per heavy atom. The van der Waals surface area contributed by atoms with E-state index >= 15 is 0 Å². The van der Waals surface area contributed by atoms with Crippen LogP contribution in [0.25, 0.3) is 0 Å². The van der Waals surface area contributed by atoms with E-state index < -0.39 is 0 Å². The Morgan fingerprint density at radius 2 is 2.20 bits per heavy atom. The van der Waals surface area contributed by atoms with Crippen molar-refractivity contribution in [3.8, 4) is 0 Å². The SMILES string of the molecule is CCc1[nH]c(=O)ccc1C(=O)NCCc1nnc(C)s1. The van der Waals surface area contributed by atoms with Crippen LogP contribution in [0.1, 0.15) is 33.0 Å². The molecule has 0 unspecified atom stereocenters. The Labute approximate surface area is 120 Å². The van der Waals surface area contributed by atoms with Crippen molar-refractivity contribution in [1.29, 1.82) is 0 Å². The fourth-order valence-electron chi connectivity index (χ4n) is 1.83. The molecule has 0 aliphatic rings. The lowest BCUT2D eigenvalue weighted by atomic mass is 10.1. The van der Waals surface area contributed by atoms with Gasteiger partial charge in [-0.15, -0.1) is 21.5 Å². The van der Waals surface area contributed by atoms with Crippen molar-refractivity contribution in [2.75, 3.05) is 6.54 Å². The molecule has 0 fully saturated rings. The molecule has 0 saturated carbocycles. The molecule has 0 radical (unpaired) electrons. The van der Waals surface area contributed by atoms with Gasteiger partial charge in [-0.2, -0.15) is 0 Å². The Morgan fingerprint density at radius 3 is 2.85 bits per heavy atom. The maximum atomic E-state index is 12.1. The summed E-state index contributed by atoms with van der Waals surface area (Å²) in [5, 5.41) is 12.6. The second kappa shape index (κ2) is 6.42. The van der Waals surface area contributed by atoms with Gasteiger partial charge in [-0.3, -0.25) is 9.59 Å². The lowest BCUT2D eigenvalue weighted by Gasteiger charge is -2.07. The fourth-order valence-corrected chi connectivity index (χ4v) is 2.53. The molecule has 0 aliphatic heterocycles. The minimum Gasteiger partial charge on any atom is -0.352 e. The number of H-pyrrole nitrogens is 1. The van der Waals surface area contributed by atoms with Crippen LogP contribution in [0.3, 0.4) is 0 Å². The van der Waals surface area contributed by atoms with E-state index in [0.29, 0.717) is 30.6 Å². The number of amides is 1. The van der Waals surface area contributed by atoms with E-state index in [9.17, 15) is 9.59 Å². The third-order valence-corrected chi connectivity index (χ3v) is 3.69. The van der Waals surface area contributed by atoms with Crippen LogP contribution in [-0.2, 0) is 12.8 Å². The van der Waals surface area contributed by atoms with Crippen molar-refractivity contribution >= 4 is 17.2 Å². The van der Waals surface area contributed by atoms with E-state index in [0.717, 1.165) is 10.0 Å². The van der Waals surface area contributed by atoms with Crippen LogP contribution >= 0.6 is 11.3 Å². The fraction of sp³-hybridized carbons (Fsp3) is 0.385. The Bertz CT molecular complexity index is 662. The van der Waals surface area contributed by atoms with Gasteiger partial charge in [-0.05, 0) is 19.4 Å². The van der Waals surface area contributed by atoms with Gasteiger partial charge in [0.15, 0.2) is 0 Å². The van der Waals surface area contributed by atoms with E-state index in [1.165, 1.54) is 17.4 Å². The minimum absolute atomic E-state index is 0.181. The van der Waals surface area contributed by atoms with Crippen LogP contribution in [0.15, 0.2) is 16.9 Å². The number of aromatic amines is 1. The van der Waals surface area contributed by atoms with Crippen molar-refractivity contribution in [2.45, 2.75) is 26.7 Å². The molecule has 0 saturated heterocycles. The first-order chi connectivity index (χ1) is 9.60. The average Bonchev–Trinajstić information content (AvgIpc) is 2.84. The van der Waals surface area contributed by atoms with Crippen LogP contribution in [0.4, 0.5) is 0 Å². The number of hydrogen-bond acceptors (Lipinski definition) is 5. The van der Waals surface area contributed by atoms with Gasteiger partial charge >= 0.3 is 0 Å². The van der Waals surface area contributed by atoms with Crippen LogP contribution in [0.5, 0.6) is 0 Å². The summed E-state index contributed by atoms with van der Waals surface area (Å²) in [6.45, 7) is 4.29. The normalized spacial score (nSPS) is 10.5. The van der Waals surface area contributed by atoms with Crippen molar-refractivity contribution in [3.63, 3.8) is 0 Å². The van der Waals surface area contributed by atoms with Gasteiger partial charge in [0.1, 0.15) is 10.0 Å². The predicted molar refractivity (Wildman–Crippen MR) is 77.1 cm³/mol. The van der Waals surface area contributed by atoms with E-state index in [-0.39, 0.29) is 11.5 Å². The maximum absolute atomic E-state index is 12.1. The van der Waals surface area contributed by atoms with Crippen LogP contribution in [-0.4, -0.2) is 27.6 Å². The van der Waals surface area contributed by atoms with Crippen molar-refractivity contribution in [1.82, 2.24) is 20.5 Å². The highest BCUT2D eigenvalue weighted by Crippen LogP contribution is 2.08. The molecular formula is C13H16N4O2S. The molecule has 106 valence electrons. The van der Waals surface area contributed by atoms with Crippen molar-refractivity contribution < 1.29 is 4.79 Å². The maximum Gasteiger partial charge on any atom is 0.253 e. The number of carbonyl (C=O) groups excluding carboxylic acids is 1. The molecule has 2 rings (SSSR count). The molecular weight excluding hydrogens is 276 g/mol. The molecule has 2 N–H and O–H groups in total. The summed E-state index contributed by atoms with van der Waals surface area (Å²) in [5.74, 6) is -0.181. The molecule has 1 amide bonds. The number of pyridine rings is 1. The summed E-state index contributed by atoms with van der Waals surface area (Å²) in [6.07, 6.45) is 1.26. The highest BCUT2D eigenvalue weighted by molar-refractivity contribution is 7.11. The molecule has 0 bridgehead atoms. The number of aromatic nitrogens is 3. The van der Waals surface area contributed by atoms with E-state index in [1.54, 1.807) is 6.07 Å². The predicted octanol–water partition coefficient (Wildman–Crippen LogP) is 1.07. The number of nitrogens with zero attached hydrogens (tertiary/aromatic N) is 2. The van der Waals surface area contributed by atoms with Gasteiger partial charge < -0.3 is 10.3 Å². The standard InChI is InChI=1S/C13H16N4O2S/c1-3-10-9(4-5-11(18)15-10)13(19)14-7-6-12-17-16-8(2)20-12/h4-5H,3,6-7H2,1-2H3,(H,14,19)(H,15,18). The smallest absolute Gasteiger partial charge is 0.253 e. The van der Waals surface area contributed by atoms with Crippen LogP contribution in [0, 0.1) is 6.92 Å². The lowest BCUT2D eigenvalue weighted by molar-refractivity contribution is 0.0952. The topological polar surface area (TPSA) is 87.7 Å². The van der Waals surface area contributed by atoms with Gasteiger partial charge in [-0.25, -0.2) is 0 Å². The highest BCUT2D eigenvalue weighted by atomic mass is 32.1. The zero-order valence-electron chi connectivity index (χ0n) is 11.4. The van der Waals surface area contributed by atoms with Gasteiger partial charge in [0.25, 0.3) is 5.91 Å². The number of hydrogen-bond donors (Lipinski definition) is 2. The first-order valence-corrected chi connectivity index (χ1v) is 7.21. The van der Waals surface area contributed by atoms with Gasteiger partial charge in [0.05, 0.1) is 5.56 Å². The third-order valence-electron chi connectivity index (χ3n) is 2.79. The average molecular weight is 292 g/mol. The van der Waals surface area contributed by atoms with Gasteiger partial charge in [0.2, 0.25) is 5.56 Å². The number of aryl methyl sites for hydroxylation is 2. The van der Waals surface area contributed by atoms with Crippen LogP contribution in [0.2, 0.25) is 0 Å². The molecule has 2 aromatic heterocycles. The van der Waals surface area contributed by atoms with Gasteiger partial charge in [0, 0.05) is 24.7 Å². The minimum atomic E-state index is -0.192. The molecule has 2 aromatic rings. The molecule has 0 atom stereocenters. The Kier molecular flexibility index (Phi) is 4.62. The zero-order valence-corrected chi connectivity index (χ0v) is 12.2. The van der Waals surface area contributed by atoms with E-state index in [4.69, 9.17) is 0 Å². The summed E-state index contributed by atoms with van der Waals surface area (Å²) in [5.41, 5.74) is 0.977. The first-order valence-electron chi connectivity index (χ1n) is 6.39. The van der Waals surface area contributed by atoms with Crippen LogP contribution < -0.4 is 10.9 Å². The third kappa shape index (κ3) is 3.51. The monoisotopic (exact) mass is 292 g/mol. The highest BCUT2D eigenvalue weighted by Gasteiger charge is 2.11. The zero-order chi connectivity index (χ0) is 14.5. The number of carbonyl (C=O) groups is 1.